The van der Waals surface area contributed by atoms with E-state index in [1.165, 1.54) is 186 Å². The van der Waals surface area contributed by atoms with Gasteiger partial charge in [-0.2, -0.15) is 0 Å². The van der Waals surface area contributed by atoms with Crippen LogP contribution in [-0.2, 0) is 24.8 Å². The molecule has 1 aliphatic rings. The van der Waals surface area contributed by atoms with E-state index < -0.39 is 7.82 Å². The van der Waals surface area contributed by atoms with Gasteiger partial charge in [0.05, 0.1) is 18.8 Å². The average molecular weight is 781 g/mol. The number of benzene rings is 1. The van der Waals surface area contributed by atoms with Gasteiger partial charge >= 0.3 is 7.82 Å². The van der Waals surface area contributed by atoms with Crippen LogP contribution in [0.4, 0.5) is 0 Å². The van der Waals surface area contributed by atoms with E-state index in [0.29, 0.717) is 6.61 Å². The zero-order valence-electron chi connectivity index (χ0n) is 36.1. The Hall–Kier alpha value is -0.910. The molecule has 0 spiro atoms. The van der Waals surface area contributed by atoms with Crippen molar-refractivity contribution < 1.29 is 28.0 Å². The molecule has 54 heavy (non-hydrogen) atoms. The molecule has 0 amide bonds. The molecule has 0 radical (unpaired) electrons. The minimum Gasteiger partial charge on any atom is -0.493 e. The molecule has 1 fully saturated rings. The lowest BCUT2D eigenvalue weighted by molar-refractivity contribution is -0.0584. The first-order valence-electron chi connectivity index (χ1n) is 23.4. The Kier molecular flexibility index (Phi) is 35.6. The smallest absolute Gasteiger partial charge is 0.472 e. The molecule has 1 saturated carbocycles. The van der Waals surface area contributed by atoms with Crippen LogP contribution in [0, 0.1) is 0 Å². The first kappa shape index (κ1) is 51.1. The number of aryl methyl sites for hydroxylation is 1. The van der Waals surface area contributed by atoms with Crippen molar-refractivity contribution in [2.45, 2.75) is 245 Å². The summed E-state index contributed by atoms with van der Waals surface area (Å²) < 4.78 is 33.4. The third kappa shape index (κ3) is 30.3. The summed E-state index contributed by atoms with van der Waals surface area (Å²) in [6.45, 7) is 8.34. The van der Waals surface area contributed by atoms with Crippen molar-refractivity contribution >= 4 is 7.82 Å². The topological polar surface area (TPSA) is 74.2 Å². The van der Waals surface area contributed by atoms with Crippen molar-refractivity contribution in [3.63, 3.8) is 0 Å². The van der Waals surface area contributed by atoms with Crippen LogP contribution in [0.15, 0.2) is 24.3 Å². The molecule has 1 aliphatic carbocycles. The van der Waals surface area contributed by atoms with E-state index in [-0.39, 0.29) is 12.2 Å². The van der Waals surface area contributed by atoms with Crippen LogP contribution in [0.5, 0.6) is 5.75 Å². The maximum atomic E-state index is 11.7. The van der Waals surface area contributed by atoms with Gasteiger partial charge in [-0.25, -0.2) is 4.57 Å². The van der Waals surface area contributed by atoms with Crippen molar-refractivity contribution in [1.82, 2.24) is 0 Å². The summed E-state index contributed by atoms with van der Waals surface area (Å²) in [5.74, 6) is 1.08. The monoisotopic (exact) mass is 781 g/mol. The molecule has 0 heterocycles. The lowest BCUT2D eigenvalue weighted by Crippen LogP contribution is -2.34. The van der Waals surface area contributed by atoms with Gasteiger partial charge in [0.15, 0.2) is 0 Å². The average Bonchev–Trinajstić information content (AvgIpc) is 3.18. The third-order valence-electron chi connectivity index (χ3n) is 11.1. The molecular weight excluding hydrogens is 691 g/mol. The quantitative estimate of drug-likeness (QED) is 0.0540. The fourth-order valence-electron chi connectivity index (χ4n) is 7.53. The summed E-state index contributed by atoms with van der Waals surface area (Å²) in [5.41, 5.74) is 1.33. The second-order valence-electron chi connectivity index (χ2n) is 16.0. The largest absolute Gasteiger partial charge is 0.493 e. The molecule has 3 atom stereocenters. The van der Waals surface area contributed by atoms with Gasteiger partial charge in [0.25, 0.3) is 0 Å². The summed E-state index contributed by atoms with van der Waals surface area (Å²) >= 11 is 0. The Balaban J connectivity index is 0.000000546. The SMILES string of the molecule is CCCCCCCCCCCCCCCCO[C@@H]1CCCCC1OP(=O)(O)OC.CCCCCCCCCCCCCCCCOc1ccccc1CC. The van der Waals surface area contributed by atoms with E-state index in [0.717, 1.165) is 50.9 Å². The number of hydrogen-bond acceptors (Lipinski definition) is 5. The zero-order chi connectivity index (χ0) is 39.2. The van der Waals surface area contributed by atoms with Crippen LogP contribution in [0.3, 0.4) is 0 Å². The van der Waals surface area contributed by atoms with E-state index in [9.17, 15) is 9.46 Å². The Morgan fingerprint density at radius 3 is 1.37 bits per heavy atom. The number of phosphoric acid groups is 1. The van der Waals surface area contributed by atoms with Gasteiger partial charge in [0, 0.05) is 13.7 Å². The predicted molar refractivity (Wildman–Crippen MR) is 232 cm³/mol. The standard InChI is InChI=1S/C24H42O.C23H47O5P/c1-3-5-6-7-8-9-10-11-12-13-14-15-16-19-22-25-24-21-18-17-20-23(24)4-2;1-3-4-5-6-7-8-9-10-11-12-13-14-15-18-21-27-22-19-16-17-20-23(22)28-29(24,25)26-2/h17-18,20-21H,3-16,19,22H2,1-2H3;22-23H,3-21H2,1-2H3,(H,24,25)/t;22-,23?/m.1/s1. The van der Waals surface area contributed by atoms with Crippen LogP contribution in [-0.4, -0.2) is 37.4 Å². The summed E-state index contributed by atoms with van der Waals surface area (Å²) in [4.78, 5) is 9.55. The minimum atomic E-state index is -3.93. The Labute approximate surface area is 335 Å². The van der Waals surface area contributed by atoms with E-state index in [1.54, 1.807) is 0 Å². The number of ether oxygens (including phenoxy) is 2. The van der Waals surface area contributed by atoms with Crippen molar-refractivity contribution in [3.05, 3.63) is 29.8 Å². The van der Waals surface area contributed by atoms with Crippen molar-refractivity contribution in [3.8, 4) is 5.75 Å². The summed E-state index contributed by atoms with van der Waals surface area (Å²) in [7, 11) is -2.73. The molecule has 7 heteroatoms. The summed E-state index contributed by atoms with van der Waals surface area (Å²) in [6, 6.07) is 8.43. The zero-order valence-corrected chi connectivity index (χ0v) is 37.0. The molecular formula is C47H89O6P. The fourth-order valence-corrected chi connectivity index (χ4v) is 8.20. The van der Waals surface area contributed by atoms with Crippen LogP contribution >= 0.6 is 7.82 Å². The molecule has 2 rings (SSSR count). The first-order valence-corrected chi connectivity index (χ1v) is 24.9. The molecule has 1 aromatic carbocycles. The normalized spacial score (nSPS) is 16.8. The van der Waals surface area contributed by atoms with Crippen LogP contribution < -0.4 is 4.74 Å². The number of phosphoric ester groups is 1. The lowest BCUT2D eigenvalue weighted by Gasteiger charge is -2.31. The Morgan fingerprint density at radius 2 is 0.944 bits per heavy atom. The molecule has 6 nitrogen and oxygen atoms in total. The maximum Gasteiger partial charge on any atom is 0.472 e. The molecule has 2 unspecified atom stereocenters. The van der Waals surface area contributed by atoms with Gasteiger partial charge in [0.1, 0.15) is 5.75 Å². The molecule has 0 aromatic heterocycles. The molecule has 1 N–H and O–H groups in total. The van der Waals surface area contributed by atoms with Crippen LogP contribution in [0.1, 0.15) is 232 Å². The number of rotatable bonds is 36. The van der Waals surface area contributed by atoms with Gasteiger partial charge in [-0.1, -0.05) is 219 Å². The van der Waals surface area contributed by atoms with E-state index in [4.69, 9.17) is 14.0 Å². The molecule has 0 bridgehead atoms. The predicted octanol–water partition coefficient (Wildman–Crippen LogP) is 15.7. The fraction of sp³-hybridized carbons (Fsp3) is 0.872. The van der Waals surface area contributed by atoms with Crippen LogP contribution in [0.2, 0.25) is 0 Å². The van der Waals surface area contributed by atoms with Gasteiger partial charge < -0.3 is 14.4 Å². The Morgan fingerprint density at radius 1 is 0.556 bits per heavy atom. The summed E-state index contributed by atoms with van der Waals surface area (Å²) in [5, 5.41) is 0. The Bertz CT molecular complexity index is 973. The molecule has 0 saturated heterocycles. The van der Waals surface area contributed by atoms with Crippen molar-refractivity contribution in [1.29, 1.82) is 0 Å². The van der Waals surface area contributed by atoms with Crippen molar-refractivity contribution in [2.24, 2.45) is 0 Å². The van der Waals surface area contributed by atoms with Crippen molar-refractivity contribution in [2.75, 3.05) is 20.3 Å². The number of unbranched alkanes of at least 4 members (excludes halogenated alkanes) is 26. The van der Waals surface area contributed by atoms with Gasteiger partial charge in [-0.3, -0.25) is 9.05 Å². The highest BCUT2D eigenvalue weighted by atomic mass is 31.2. The van der Waals surface area contributed by atoms with E-state index >= 15 is 0 Å². The molecule has 1 aromatic rings. The summed E-state index contributed by atoms with van der Waals surface area (Å²) in [6.07, 6.45) is 42.9. The highest BCUT2D eigenvalue weighted by molar-refractivity contribution is 7.47. The maximum absolute atomic E-state index is 11.7. The minimum absolute atomic E-state index is 0.0821. The first-order chi connectivity index (χ1) is 26.5. The third-order valence-corrected chi connectivity index (χ3v) is 12.1. The highest BCUT2D eigenvalue weighted by Crippen LogP contribution is 2.46. The van der Waals surface area contributed by atoms with Gasteiger partial charge in [-0.15, -0.1) is 0 Å². The second-order valence-corrected chi connectivity index (χ2v) is 17.5. The second kappa shape index (κ2) is 37.7. The van der Waals surface area contributed by atoms with Gasteiger partial charge in [0.2, 0.25) is 0 Å². The van der Waals surface area contributed by atoms with E-state index in [2.05, 4.69) is 49.6 Å². The van der Waals surface area contributed by atoms with Crippen LogP contribution in [0.25, 0.3) is 0 Å². The van der Waals surface area contributed by atoms with E-state index in [1.807, 2.05) is 0 Å². The lowest BCUT2D eigenvalue weighted by atomic mass is 9.95. The molecule has 0 aliphatic heterocycles. The highest BCUT2D eigenvalue weighted by Gasteiger charge is 2.33. The number of para-hydroxylation sites is 1. The van der Waals surface area contributed by atoms with Gasteiger partial charge in [-0.05, 0) is 43.7 Å². The molecule has 318 valence electrons. The number of hydrogen-bond donors (Lipinski definition) is 1.